The molecule has 3 nitrogen and oxygen atoms in total. The van der Waals surface area contributed by atoms with Crippen LogP contribution in [0.5, 0.6) is 0 Å². The predicted molar refractivity (Wildman–Crippen MR) is 90.4 cm³/mol. The van der Waals surface area contributed by atoms with Crippen LogP contribution in [0.1, 0.15) is 64.4 Å². The number of benzene rings is 1. The minimum atomic E-state index is 0.134. The number of nitrogens with one attached hydrogen (secondary N) is 2. The number of carbonyl (C=O) groups excluding carboxylic acids is 1. The van der Waals surface area contributed by atoms with Gasteiger partial charge in [0.15, 0.2) is 0 Å². The number of unbranched alkanes of at least 4 members (excludes halogenated alkanes) is 5. The van der Waals surface area contributed by atoms with Crippen molar-refractivity contribution in [3.63, 3.8) is 0 Å². The molecule has 3 heteroatoms. The molecule has 1 rings (SSSR count). The molecule has 0 aliphatic carbocycles. The Morgan fingerprint density at radius 2 is 1.71 bits per heavy atom. The fourth-order valence-electron chi connectivity index (χ4n) is 2.33. The van der Waals surface area contributed by atoms with Crippen LogP contribution in [-0.2, 0) is 11.3 Å². The summed E-state index contributed by atoms with van der Waals surface area (Å²) < 4.78 is 0. The Kier molecular flexibility index (Phi) is 9.55. The van der Waals surface area contributed by atoms with Gasteiger partial charge in [0.1, 0.15) is 0 Å². The zero-order chi connectivity index (χ0) is 15.3. The Balaban J connectivity index is 2.30. The first kappa shape index (κ1) is 17.7. The molecule has 1 aromatic rings. The van der Waals surface area contributed by atoms with Crippen LogP contribution in [-0.4, -0.2) is 12.5 Å². The standard InChI is InChI=1S/C18H30N2O/c1-3-5-6-7-8-9-14-18(21)20-17-13-11-10-12-16(17)15-19-4-2/h10-13,19H,3-9,14-15H2,1-2H3,(H,20,21). The second-order valence-electron chi connectivity index (χ2n) is 5.50. The van der Waals surface area contributed by atoms with Crippen molar-refractivity contribution < 1.29 is 4.79 Å². The van der Waals surface area contributed by atoms with Gasteiger partial charge in [0.25, 0.3) is 0 Å². The number of anilines is 1. The quantitative estimate of drug-likeness (QED) is 0.590. The summed E-state index contributed by atoms with van der Waals surface area (Å²) in [5.41, 5.74) is 2.09. The van der Waals surface area contributed by atoms with E-state index >= 15 is 0 Å². The predicted octanol–water partition coefficient (Wildman–Crippen LogP) is 4.49. The Hall–Kier alpha value is -1.35. The van der Waals surface area contributed by atoms with Gasteiger partial charge >= 0.3 is 0 Å². The molecule has 0 saturated carbocycles. The largest absolute Gasteiger partial charge is 0.326 e. The van der Waals surface area contributed by atoms with Crippen molar-refractivity contribution in [1.29, 1.82) is 0 Å². The van der Waals surface area contributed by atoms with Gasteiger partial charge in [0.2, 0.25) is 5.91 Å². The Morgan fingerprint density at radius 3 is 2.48 bits per heavy atom. The van der Waals surface area contributed by atoms with E-state index in [4.69, 9.17) is 0 Å². The molecule has 0 aliphatic heterocycles. The van der Waals surface area contributed by atoms with Gasteiger partial charge in [-0.15, -0.1) is 0 Å². The summed E-state index contributed by atoms with van der Waals surface area (Å²) in [5, 5.41) is 6.34. The van der Waals surface area contributed by atoms with Gasteiger partial charge in [-0.1, -0.05) is 64.2 Å². The van der Waals surface area contributed by atoms with E-state index in [-0.39, 0.29) is 5.91 Å². The minimum Gasteiger partial charge on any atom is -0.326 e. The van der Waals surface area contributed by atoms with Crippen molar-refractivity contribution in [3.8, 4) is 0 Å². The van der Waals surface area contributed by atoms with Crippen molar-refractivity contribution in [3.05, 3.63) is 29.8 Å². The van der Waals surface area contributed by atoms with E-state index < -0.39 is 0 Å². The molecular weight excluding hydrogens is 260 g/mol. The van der Waals surface area contributed by atoms with Gasteiger partial charge < -0.3 is 10.6 Å². The number of para-hydroxylation sites is 1. The molecule has 0 spiro atoms. The van der Waals surface area contributed by atoms with Crippen molar-refractivity contribution in [2.75, 3.05) is 11.9 Å². The topological polar surface area (TPSA) is 41.1 Å². The van der Waals surface area contributed by atoms with E-state index in [0.29, 0.717) is 6.42 Å². The van der Waals surface area contributed by atoms with E-state index in [0.717, 1.165) is 37.2 Å². The zero-order valence-electron chi connectivity index (χ0n) is 13.6. The fourth-order valence-corrected chi connectivity index (χ4v) is 2.33. The van der Waals surface area contributed by atoms with Crippen molar-refractivity contribution in [2.24, 2.45) is 0 Å². The van der Waals surface area contributed by atoms with E-state index in [1.165, 1.54) is 25.7 Å². The van der Waals surface area contributed by atoms with Gasteiger partial charge in [-0.05, 0) is 24.6 Å². The summed E-state index contributed by atoms with van der Waals surface area (Å²) in [6.07, 6.45) is 7.90. The lowest BCUT2D eigenvalue weighted by molar-refractivity contribution is -0.116. The number of rotatable bonds is 11. The monoisotopic (exact) mass is 290 g/mol. The van der Waals surface area contributed by atoms with Crippen LogP contribution in [0.2, 0.25) is 0 Å². The van der Waals surface area contributed by atoms with Crippen molar-refractivity contribution in [1.82, 2.24) is 5.32 Å². The lowest BCUT2D eigenvalue weighted by atomic mass is 10.1. The third-order valence-electron chi connectivity index (χ3n) is 3.61. The molecule has 0 aromatic heterocycles. The maximum Gasteiger partial charge on any atom is 0.224 e. The third kappa shape index (κ3) is 7.86. The molecule has 1 amide bonds. The first-order valence-electron chi connectivity index (χ1n) is 8.36. The molecule has 0 radical (unpaired) electrons. The summed E-state index contributed by atoms with van der Waals surface area (Å²) in [5.74, 6) is 0.134. The van der Waals surface area contributed by atoms with Gasteiger partial charge in [0.05, 0.1) is 0 Å². The highest BCUT2D eigenvalue weighted by Crippen LogP contribution is 2.16. The molecule has 0 fully saturated rings. The third-order valence-corrected chi connectivity index (χ3v) is 3.61. The molecule has 0 aliphatic rings. The molecule has 0 bridgehead atoms. The molecule has 0 atom stereocenters. The highest BCUT2D eigenvalue weighted by Gasteiger charge is 2.06. The molecule has 0 saturated heterocycles. The molecule has 2 N–H and O–H groups in total. The first-order valence-corrected chi connectivity index (χ1v) is 8.36. The summed E-state index contributed by atoms with van der Waals surface area (Å²) >= 11 is 0. The van der Waals surface area contributed by atoms with Crippen molar-refractivity contribution >= 4 is 11.6 Å². The molecular formula is C18H30N2O. The van der Waals surface area contributed by atoms with E-state index in [9.17, 15) is 4.79 Å². The second kappa shape index (κ2) is 11.3. The average Bonchev–Trinajstić information content (AvgIpc) is 2.50. The van der Waals surface area contributed by atoms with E-state index in [1.54, 1.807) is 0 Å². The molecule has 0 unspecified atom stereocenters. The fraction of sp³-hybridized carbons (Fsp3) is 0.611. The van der Waals surface area contributed by atoms with E-state index in [1.807, 2.05) is 18.2 Å². The van der Waals surface area contributed by atoms with Gasteiger partial charge in [0, 0.05) is 18.7 Å². The van der Waals surface area contributed by atoms with E-state index in [2.05, 4.69) is 30.5 Å². The maximum atomic E-state index is 12.0. The Labute approximate surface area is 129 Å². The number of amides is 1. The molecule has 21 heavy (non-hydrogen) atoms. The minimum absolute atomic E-state index is 0.134. The molecule has 0 heterocycles. The summed E-state index contributed by atoms with van der Waals surface area (Å²) in [7, 11) is 0. The van der Waals surface area contributed by atoms with Crippen LogP contribution in [0, 0.1) is 0 Å². The van der Waals surface area contributed by atoms with Crippen LogP contribution in [0.3, 0.4) is 0 Å². The second-order valence-corrected chi connectivity index (χ2v) is 5.50. The summed E-state index contributed by atoms with van der Waals surface area (Å²) in [4.78, 5) is 12.0. The van der Waals surface area contributed by atoms with Crippen LogP contribution >= 0.6 is 0 Å². The van der Waals surface area contributed by atoms with Crippen LogP contribution in [0.15, 0.2) is 24.3 Å². The number of carbonyl (C=O) groups is 1. The molecule has 118 valence electrons. The highest BCUT2D eigenvalue weighted by atomic mass is 16.1. The summed E-state index contributed by atoms with van der Waals surface area (Å²) in [6.45, 7) is 6.03. The van der Waals surface area contributed by atoms with Gasteiger partial charge in [-0.25, -0.2) is 0 Å². The SMILES string of the molecule is CCCCCCCCC(=O)Nc1ccccc1CNCC. The lowest BCUT2D eigenvalue weighted by Gasteiger charge is -2.11. The smallest absolute Gasteiger partial charge is 0.224 e. The lowest BCUT2D eigenvalue weighted by Crippen LogP contribution is -2.16. The number of hydrogen-bond donors (Lipinski definition) is 2. The Morgan fingerprint density at radius 1 is 1.00 bits per heavy atom. The van der Waals surface area contributed by atoms with Crippen LogP contribution in [0.25, 0.3) is 0 Å². The number of hydrogen-bond acceptors (Lipinski definition) is 2. The Bertz CT molecular complexity index is 404. The molecule has 1 aromatic carbocycles. The van der Waals surface area contributed by atoms with Crippen molar-refractivity contribution in [2.45, 2.75) is 65.3 Å². The maximum absolute atomic E-state index is 12.0. The van der Waals surface area contributed by atoms with Crippen LogP contribution < -0.4 is 10.6 Å². The zero-order valence-corrected chi connectivity index (χ0v) is 13.6. The van der Waals surface area contributed by atoms with Gasteiger partial charge in [-0.2, -0.15) is 0 Å². The van der Waals surface area contributed by atoms with Crippen LogP contribution in [0.4, 0.5) is 5.69 Å². The average molecular weight is 290 g/mol. The summed E-state index contributed by atoms with van der Waals surface area (Å²) in [6, 6.07) is 8.01. The first-order chi connectivity index (χ1) is 10.3. The van der Waals surface area contributed by atoms with Gasteiger partial charge in [-0.3, -0.25) is 4.79 Å². The highest BCUT2D eigenvalue weighted by molar-refractivity contribution is 5.91. The normalized spacial score (nSPS) is 10.6.